The Morgan fingerprint density at radius 2 is 1.95 bits per heavy atom. The first-order valence-corrected chi connectivity index (χ1v) is 8.54. The van der Waals surface area contributed by atoms with Crippen molar-refractivity contribution >= 4 is 66.7 Å². The molecule has 0 aliphatic carbocycles. The van der Waals surface area contributed by atoms with Gasteiger partial charge in [0.2, 0.25) is 0 Å². The molecule has 3 nitrogen and oxygen atoms in total. The molecule has 2 rings (SSSR count). The van der Waals surface area contributed by atoms with Crippen molar-refractivity contribution in [1.29, 1.82) is 0 Å². The Morgan fingerprint density at radius 1 is 1.23 bits per heavy atom. The number of amides is 1. The first-order valence-electron chi connectivity index (χ1n) is 6.20. The summed E-state index contributed by atoms with van der Waals surface area (Å²) >= 11 is 18.6. The minimum absolute atomic E-state index is 0.125. The number of ether oxygens (including phenoxy) is 1. The monoisotopic (exact) mass is 465 g/mol. The van der Waals surface area contributed by atoms with Gasteiger partial charge in [-0.25, -0.2) is 0 Å². The van der Waals surface area contributed by atoms with Crippen LogP contribution >= 0.6 is 55.1 Å². The lowest BCUT2D eigenvalue weighted by atomic mass is 10.2. The zero-order valence-corrected chi connectivity index (χ0v) is 16.1. The van der Waals surface area contributed by atoms with Gasteiger partial charge in [0.1, 0.15) is 5.75 Å². The van der Waals surface area contributed by atoms with Crippen LogP contribution in [0.1, 0.15) is 5.56 Å². The van der Waals surface area contributed by atoms with Gasteiger partial charge >= 0.3 is 0 Å². The fourth-order valence-electron chi connectivity index (χ4n) is 1.79. The molecule has 0 aromatic heterocycles. The van der Waals surface area contributed by atoms with E-state index in [2.05, 4.69) is 37.2 Å². The molecule has 0 saturated heterocycles. The van der Waals surface area contributed by atoms with Gasteiger partial charge in [0.15, 0.2) is 6.61 Å². The molecule has 0 bridgehead atoms. The molecular formula is C15H11Br2Cl2NO2. The second-order valence-electron chi connectivity index (χ2n) is 4.49. The molecule has 22 heavy (non-hydrogen) atoms. The van der Waals surface area contributed by atoms with Crippen LogP contribution in [-0.4, -0.2) is 12.5 Å². The van der Waals surface area contributed by atoms with Crippen molar-refractivity contribution in [3.8, 4) is 5.75 Å². The highest BCUT2D eigenvalue weighted by Crippen LogP contribution is 2.32. The Balaban J connectivity index is 2.02. The molecule has 0 aliphatic rings. The SMILES string of the molecule is Cc1cc(Br)cc(Br)c1OCC(=O)Nc1ccc(Cl)cc1Cl. The number of rotatable bonds is 4. The summed E-state index contributed by atoms with van der Waals surface area (Å²) in [6.07, 6.45) is 0. The molecule has 2 aromatic carbocycles. The van der Waals surface area contributed by atoms with E-state index in [1.165, 1.54) is 0 Å². The molecule has 0 radical (unpaired) electrons. The summed E-state index contributed by atoms with van der Waals surface area (Å²) in [7, 11) is 0. The first-order chi connectivity index (χ1) is 10.4. The lowest BCUT2D eigenvalue weighted by Gasteiger charge is -2.12. The van der Waals surface area contributed by atoms with Gasteiger partial charge in [-0.1, -0.05) is 39.1 Å². The first kappa shape index (κ1) is 17.6. The van der Waals surface area contributed by atoms with Gasteiger partial charge in [0.05, 0.1) is 15.2 Å². The molecule has 2 aromatic rings. The van der Waals surface area contributed by atoms with Crippen LogP contribution in [0.25, 0.3) is 0 Å². The molecular weight excluding hydrogens is 457 g/mol. The van der Waals surface area contributed by atoms with Crippen LogP contribution in [0.15, 0.2) is 39.3 Å². The molecule has 0 atom stereocenters. The van der Waals surface area contributed by atoms with E-state index in [4.69, 9.17) is 27.9 Å². The molecule has 0 unspecified atom stereocenters. The molecule has 116 valence electrons. The highest BCUT2D eigenvalue weighted by atomic mass is 79.9. The number of hydrogen-bond acceptors (Lipinski definition) is 2. The Morgan fingerprint density at radius 3 is 2.59 bits per heavy atom. The summed E-state index contributed by atoms with van der Waals surface area (Å²) in [6, 6.07) is 8.63. The molecule has 0 aliphatic heterocycles. The van der Waals surface area contributed by atoms with Crippen LogP contribution in [0, 0.1) is 6.92 Å². The molecule has 1 N–H and O–H groups in total. The third kappa shape index (κ3) is 4.62. The smallest absolute Gasteiger partial charge is 0.262 e. The van der Waals surface area contributed by atoms with Crippen molar-refractivity contribution in [3.63, 3.8) is 0 Å². The predicted molar refractivity (Wildman–Crippen MR) is 97.2 cm³/mol. The lowest BCUT2D eigenvalue weighted by Crippen LogP contribution is -2.20. The summed E-state index contributed by atoms with van der Waals surface area (Å²) in [5.74, 6) is 0.319. The van der Waals surface area contributed by atoms with Gasteiger partial charge in [-0.05, 0) is 58.7 Å². The molecule has 7 heteroatoms. The van der Waals surface area contributed by atoms with Crippen LogP contribution in [-0.2, 0) is 4.79 Å². The lowest BCUT2D eigenvalue weighted by molar-refractivity contribution is -0.118. The molecule has 0 fully saturated rings. The van der Waals surface area contributed by atoms with Crippen LogP contribution in [0.2, 0.25) is 10.0 Å². The number of aryl methyl sites for hydroxylation is 1. The number of hydrogen-bond donors (Lipinski definition) is 1. The van der Waals surface area contributed by atoms with Crippen LogP contribution in [0.3, 0.4) is 0 Å². The van der Waals surface area contributed by atoms with Gasteiger partial charge in [0.25, 0.3) is 5.91 Å². The van der Waals surface area contributed by atoms with E-state index < -0.39 is 0 Å². The maximum atomic E-state index is 12.0. The molecule has 1 amide bonds. The number of anilines is 1. The van der Waals surface area contributed by atoms with Crippen LogP contribution in [0.5, 0.6) is 5.75 Å². The van der Waals surface area contributed by atoms with E-state index in [1.807, 2.05) is 19.1 Å². The Hall–Kier alpha value is -0.750. The highest BCUT2D eigenvalue weighted by molar-refractivity contribution is 9.11. The highest BCUT2D eigenvalue weighted by Gasteiger charge is 2.11. The van der Waals surface area contributed by atoms with Gasteiger partial charge in [-0.2, -0.15) is 0 Å². The minimum atomic E-state index is -0.307. The van der Waals surface area contributed by atoms with E-state index >= 15 is 0 Å². The van der Waals surface area contributed by atoms with E-state index in [0.29, 0.717) is 21.5 Å². The quantitative estimate of drug-likeness (QED) is 0.613. The number of nitrogens with one attached hydrogen (secondary N) is 1. The summed E-state index contributed by atoms with van der Waals surface area (Å²) in [4.78, 5) is 12.0. The summed E-state index contributed by atoms with van der Waals surface area (Å²) in [5.41, 5.74) is 1.41. The second-order valence-corrected chi connectivity index (χ2v) is 7.11. The standard InChI is InChI=1S/C15H11Br2Cl2NO2/c1-8-4-9(16)5-11(17)15(8)22-7-14(21)20-13-3-2-10(18)6-12(13)19/h2-6H,7H2,1H3,(H,20,21). The van der Waals surface area contributed by atoms with E-state index in [0.717, 1.165) is 14.5 Å². The van der Waals surface area contributed by atoms with Crippen molar-refractivity contribution in [2.75, 3.05) is 11.9 Å². The molecule has 0 saturated carbocycles. The minimum Gasteiger partial charge on any atom is -0.482 e. The number of carbonyl (C=O) groups excluding carboxylic acids is 1. The average Bonchev–Trinajstić information content (AvgIpc) is 2.40. The summed E-state index contributed by atoms with van der Waals surface area (Å²) < 4.78 is 7.28. The molecule has 0 heterocycles. The normalized spacial score (nSPS) is 10.4. The third-order valence-electron chi connectivity index (χ3n) is 2.75. The van der Waals surface area contributed by atoms with Crippen molar-refractivity contribution < 1.29 is 9.53 Å². The average molecular weight is 468 g/mol. The molecule has 0 spiro atoms. The predicted octanol–water partition coefficient (Wildman–Crippen LogP) is 5.84. The summed E-state index contributed by atoms with van der Waals surface area (Å²) in [5, 5.41) is 3.56. The van der Waals surface area contributed by atoms with Gasteiger partial charge < -0.3 is 10.1 Å². The Bertz CT molecular complexity index is 700. The second kappa shape index (κ2) is 7.68. The van der Waals surface area contributed by atoms with Crippen molar-refractivity contribution in [2.24, 2.45) is 0 Å². The largest absolute Gasteiger partial charge is 0.482 e. The van der Waals surface area contributed by atoms with Gasteiger partial charge in [-0.15, -0.1) is 0 Å². The van der Waals surface area contributed by atoms with E-state index in [1.54, 1.807) is 18.2 Å². The zero-order chi connectivity index (χ0) is 16.3. The summed E-state index contributed by atoms with van der Waals surface area (Å²) in [6.45, 7) is 1.78. The fraction of sp³-hybridized carbons (Fsp3) is 0.133. The maximum Gasteiger partial charge on any atom is 0.262 e. The van der Waals surface area contributed by atoms with Crippen molar-refractivity contribution in [1.82, 2.24) is 0 Å². The van der Waals surface area contributed by atoms with Gasteiger partial charge in [0, 0.05) is 9.50 Å². The topological polar surface area (TPSA) is 38.3 Å². The maximum absolute atomic E-state index is 12.0. The van der Waals surface area contributed by atoms with Crippen molar-refractivity contribution in [2.45, 2.75) is 6.92 Å². The third-order valence-corrected chi connectivity index (χ3v) is 4.34. The number of benzene rings is 2. The zero-order valence-electron chi connectivity index (χ0n) is 11.4. The van der Waals surface area contributed by atoms with Crippen LogP contribution < -0.4 is 10.1 Å². The fourth-order valence-corrected chi connectivity index (χ4v) is 3.80. The van der Waals surface area contributed by atoms with Crippen LogP contribution in [0.4, 0.5) is 5.69 Å². The Kier molecular flexibility index (Phi) is 6.15. The van der Waals surface area contributed by atoms with E-state index in [9.17, 15) is 4.79 Å². The van der Waals surface area contributed by atoms with E-state index in [-0.39, 0.29) is 12.5 Å². The van der Waals surface area contributed by atoms with Crippen molar-refractivity contribution in [3.05, 3.63) is 54.9 Å². The Labute approximate surface area is 155 Å². The number of carbonyl (C=O) groups is 1. The van der Waals surface area contributed by atoms with Gasteiger partial charge in [-0.3, -0.25) is 4.79 Å². The number of halogens is 4.